The normalized spacial score (nSPS) is 10.9. The Balaban J connectivity index is 2.20. The van der Waals surface area contributed by atoms with Crippen LogP contribution in [0.5, 0.6) is 0 Å². The number of aryl methyl sites for hydroxylation is 1. The zero-order valence-electron chi connectivity index (χ0n) is 12.5. The van der Waals surface area contributed by atoms with E-state index in [-0.39, 0.29) is 0 Å². The molecule has 20 heavy (non-hydrogen) atoms. The molecule has 0 aliphatic heterocycles. The first-order valence-corrected chi connectivity index (χ1v) is 7.72. The fourth-order valence-corrected chi connectivity index (χ4v) is 2.40. The number of hydrogen-bond donors (Lipinski definition) is 0. The number of anilines is 2. The number of benzene rings is 1. The standard InChI is InChI=1S/C17H21BrN2/c1-12(2)11-14-5-7-15(8-6-14)20(4)17-10-9-16(18)13(3)19-17/h5-10,12H,11H2,1-4H3. The van der Waals surface area contributed by atoms with Crippen molar-refractivity contribution < 1.29 is 0 Å². The van der Waals surface area contributed by atoms with Gasteiger partial charge in [0, 0.05) is 17.2 Å². The van der Waals surface area contributed by atoms with E-state index < -0.39 is 0 Å². The smallest absolute Gasteiger partial charge is 0.133 e. The zero-order valence-corrected chi connectivity index (χ0v) is 14.1. The fourth-order valence-electron chi connectivity index (χ4n) is 2.18. The van der Waals surface area contributed by atoms with Gasteiger partial charge in [0.25, 0.3) is 0 Å². The molecule has 0 N–H and O–H groups in total. The summed E-state index contributed by atoms with van der Waals surface area (Å²) in [6, 6.07) is 12.8. The van der Waals surface area contributed by atoms with Crippen molar-refractivity contribution in [3.05, 3.63) is 52.1 Å². The number of rotatable bonds is 4. The number of nitrogens with zero attached hydrogens (tertiary/aromatic N) is 2. The van der Waals surface area contributed by atoms with Gasteiger partial charge < -0.3 is 4.90 Å². The lowest BCUT2D eigenvalue weighted by Gasteiger charge is -2.19. The Morgan fingerprint density at radius 3 is 2.30 bits per heavy atom. The summed E-state index contributed by atoms with van der Waals surface area (Å²) >= 11 is 3.49. The Morgan fingerprint density at radius 1 is 1.10 bits per heavy atom. The Morgan fingerprint density at radius 2 is 1.75 bits per heavy atom. The highest BCUT2D eigenvalue weighted by molar-refractivity contribution is 9.10. The lowest BCUT2D eigenvalue weighted by atomic mass is 10.0. The maximum Gasteiger partial charge on any atom is 0.133 e. The highest BCUT2D eigenvalue weighted by Gasteiger charge is 2.07. The van der Waals surface area contributed by atoms with Gasteiger partial charge >= 0.3 is 0 Å². The number of aromatic nitrogens is 1. The molecular weight excluding hydrogens is 312 g/mol. The van der Waals surface area contributed by atoms with Gasteiger partial charge in [0.2, 0.25) is 0 Å². The van der Waals surface area contributed by atoms with E-state index in [0.717, 1.165) is 28.1 Å². The van der Waals surface area contributed by atoms with E-state index in [1.165, 1.54) is 5.56 Å². The first-order valence-electron chi connectivity index (χ1n) is 6.93. The van der Waals surface area contributed by atoms with E-state index >= 15 is 0 Å². The zero-order chi connectivity index (χ0) is 14.7. The molecule has 3 heteroatoms. The number of hydrogen-bond acceptors (Lipinski definition) is 2. The molecule has 2 rings (SSSR count). The highest BCUT2D eigenvalue weighted by Crippen LogP contribution is 2.25. The van der Waals surface area contributed by atoms with Crippen LogP contribution >= 0.6 is 15.9 Å². The van der Waals surface area contributed by atoms with Crippen LogP contribution in [0.4, 0.5) is 11.5 Å². The van der Waals surface area contributed by atoms with E-state index in [9.17, 15) is 0 Å². The maximum absolute atomic E-state index is 4.60. The van der Waals surface area contributed by atoms with Gasteiger partial charge in [0.05, 0.1) is 5.69 Å². The van der Waals surface area contributed by atoms with Crippen LogP contribution in [0, 0.1) is 12.8 Å². The van der Waals surface area contributed by atoms with E-state index in [1.54, 1.807) is 0 Å². The monoisotopic (exact) mass is 332 g/mol. The van der Waals surface area contributed by atoms with Gasteiger partial charge in [0.15, 0.2) is 0 Å². The van der Waals surface area contributed by atoms with Crippen LogP contribution in [-0.2, 0) is 6.42 Å². The molecule has 0 bridgehead atoms. The minimum atomic E-state index is 0.689. The highest BCUT2D eigenvalue weighted by atomic mass is 79.9. The van der Waals surface area contributed by atoms with Gasteiger partial charge in [-0.3, -0.25) is 0 Å². The first-order chi connectivity index (χ1) is 9.47. The third-order valence-electron chi connectivity index (χ3n) is 3.32. The predicted octanol–water partition coefficient (Wildman–Crippen LogP) is 5.12. The molecule has 0 atom stereocenters. The lowest BCUT2D eigenvalue weighted by Crippen LogP contribution is -2.11. The molecule has 0 saturated carbocycles. The largest absolute Gasteiger partial charge is 0.329 e. The van der Waals surface area contributed by atoms with Crippen LogP contribution in [0.1, 0.15) is 25.1 Å². The van der Waals surface area contributed by atoms with Crippen LogP contribution in [0.15, 0.2) is 40.9 Å². The molecule has 106 valence electrons. The second-order valence-corrected chi connectivity index (χ2v) is 6.41. The van der Waals surface area contributed by atoms with Gasteiger partial charge in [-0.1, -0.05) is 26.0 Å². The van der Waals surface area contributed by atoms with Gasteiger partial charge in [-0.2, -0.15) is 0 Å². The van der Waals surface area contributed by atoms with Crippen LogP contribution < -0.4 is 4.90 Å². The second kappa shape index (κ2) is 6.40. The lowest BCUT2D eigenvalue weighted by molar-refractivity contribution is 0.647. The van der Waals surface area contributed by atoms with Crippen molar-refractivity contribution in [2.24, 2.45) is 5.92 Å². The Labute approximate surface area is 130 Å². The van der Waals surface area contributed by atoms with Crippen molar-refractivity contribution in [2.75, 3.05) is 11.9 Å². The molecule has 0 aliphatic rings. The Bertz CT molecular complexity index is 576. The van der Waals surface area contributed by atoms with E-state index in [1.807, 2.05) is 26.1 Å². The second-order valence-electron chi connectivity index (χ2n) is 5.56. The summed E-state index contributed by atoms with van der Waals surface area (Å²) < 4.78 is 1.04. The van der Waals surface area contributed by atoms with Crippen molar-refractivity contribution in [3.8, 4) is 0 Å². The summed E-state index contributed by atoms with van der Waals surface area (Å²) in [6.45, 7) is 6.50. The molecule has 1 heterocycles. The first kappa shape index (κ1) is 15.0. The van der Waals surface area contributed by atoms with E-state index in [4.69, 9.17) is 0 Å². The predicted molar refractivity (Wildman–Crippen MR) is 89.7 cm³/mol. The third-order valence-corrected chi connectivity index (χ3v) is 4.16. The summed E-state index contributed by atoms with van der Waals surface area (Å²) in [5.74, 6) is 1.65. The van der Waals surface area contributed by atoms with Gasteiger partial charge in [-0.25, -0.2) is 4.98 Å². The van der Waals surface area contributed by atoms with Crippen LogP contribution in [0.2, 0.25) is 0 Å². The number of pyridine rings is 1. The molecule has 0 amide bonds. The molecule has 2 nitrogen and oxygen atoms in total. The summed E-state index contributed by atoms with van der Waals surface area (Å²) in [5.41, 5.74) is 3.55. The van der Waals surface area contributed by atoms with E-state index in [2.05, 4.69) is 63.9 Å². The van der Waals surface area contributed by atoms with Crippen molar-refractivity contribution in [1.29, 1.82) is 0 Å². The topological polar surface area (TPSA) is 16.1 Å². The van der Waals surface area contributed by atoms with Gasteiger partial charge in [-0.15, -0.1) is 0 Å². The molecule has 0 spiro atoms. The van der Waals surface area contributed by atoms with Crippen molar-refractivity contribution in [2.45, 2.75) is 27.2 Å². The SMILES string of the molecule is Cc1nc(N(C)c2ccc(CC(C)C)cc2)ccc1Br. The summed E-state index contributed by atoms with van der Waals surface area (Å²) in [4.78, 5) is 6.71. The van der Waals surface area contributed by atoms with Gasteiger partial charge in [0.1, 0.15) is 5.82 Å². The molecule has 0 aliphatic carbocycles. The van der Waals surface area contributed by atoms with Gasteiger partial charge in [-0.05, 0) is 65.0 Å². The Kier molecular flexibility index (Phi) is 4.81. The van der Waals surface area contributed by atoms with Crippen LogP contribution in [-0.4, -0.2) is 12.0 Å². The quantitative estimate of drug-likeness (QED) is 0.772. The average Bonchev–Trinajstić information content (AvgIpc) is 2.41. The molecule has 1 aromatic carbocycles. The molecule has 0 saturated heterocycles. The fraction of sp³-hybridized carbons (Fsp3) is 0.353. The van der Waals surface area contributed by atoms with Crippen molar-refractivity contribution in [1.82, 2.24) is 4.98 Å². The molecule has 0 radical (unpaired) electrons. The molecule has 0 unspecified atom stereocenters. The minimum Gasteiger partial charge on any atom is -0.329 e. The summed E-state index contributed by atoms with van der Waals surface area (Å²) in [5, 5.41) is 0. The summed E-state index contributed by atoms with van der Waals surface area (Å²) in [6.07, 6.45) is 1.12. The van der Waals surface area contributed by atoms with Crippen molar-refractivity contribution >= 4 is 27.4 Å². The molecule has 0 fully saturated rings. The minimum absolute atomic E-state index is 0.689. The average molecular weight is 333 g/mol. The van der Waals surface area contributed by atoms with E-state index in [0.29, 0.717) is 5.92 Å². The molecular formula is C17H21BrN2. The maximum atomic E-state index is 4.60. The number of halogens is 1. The molecule has 2 aromatic rings. The summed E-state index contributed by atoms with van der Waals surface area (Å²) in [7, 11) is 2.05. The third kappa shape index (κ3) is 3.60. The van der Waals surface area contributed by atoms with Crippen LogP contribution in [0.3, 0.4) is 0 Å². The van der Waals surface area contributed by atoms with Crippen molar-refractivity contribution in [3.63, 3.8) is 0 Å². The Hall–Kier alpha value is -1.35. The molecule has 1 aromatic heterocycles. The van der Waals surface area contributed by atoms with Crippen LogP contribution in [0.25, 0.3) is 0 Å².